The van der Waals surface area contributed by atoms with E-state index < -0.39 is 23.3 Å². The van der Waals surface area contributed by atoms with E-state index in [1.807, 2.05) is 19.2 Å². The number of carbonyl (C=O) groups is 1. The molecule has 24 heavy (non-hydrogen) atoms. The standard InChI is InChI=1S/C15H16F3N3O2S/c1-8(2)13-19-9(7-24-13)6-21(3)14(23)10-4-5-11(15(16,17)18)20-12(10)22/h4-5,7-8H,6H2,1-3H3,(H,20,22). The Morgan fingerprint density at radius 3 is 2.54 bits per heavy atom. The van der Waals surface area contributed by atoms with E-state index in [2.05, 4.69) is 4.98 Å². The van der Waals surface area contributed by atoms with Crippen LogP contribution in [0.1, 0.15) is 46.5 Å². The molecule has 1 amide bonds. The third-order valence-corrected chi connectivity index (χ3v) is 4.45. The maximum absolute atomic E-state index is 12.5. The number of H-pyrrole nitrogens is 1. The van der Waals surface area contributed by atoms with E-state index in [0.29, 0.717) is 11.8 Å². The topological polar surface area (TPSA) is 66.1 Å². The summed E-state index contributed by atoms with van der Waals surface area (Å²) >= 11 is 1.47. The molecule has 0 atom stereocenters. The van der Waals surface area contributed by atoms with Crippen molar-refractivity contribution in [3.8, 4) is 0 Å². The van der Waals surface area contributed by atoms with Gasteiger partial charge < -0.3 is 9.88 Å². The van der Waals surface area contributed by atoms with Crippen molar-refractivity contribution in [3.63, 3.8) is 0 Å². The zero-order chi connectivity index (χ0) is 18.1. The van der Waals surface area contributed by atoms with E-state index in [1.165, 1.54) is 23.3 Å². The van der Waals surface area contributed by atoms with Crippen LogP contribution in [-0.2, 0) is 12.7 Å². The van der Waals surface area contributed by atoms with E-state index in [4.69, 9.17) is 0 Å². The Kier molecular flexibility index (Phi) is 5.12. The molecule has 2 rings (SSSR count). The average molecular weight is 359 g/mol. The number of hydrogen-bond donors (Lipinski definition) is 1. The number of hydrogen-bond acceptors (Lipinski definition) is 4. The van der Waals surface area contributed by atoms with E-state index in [9.17, 15) is 22.8 Å². The van der Waals surface area contributed by atoms with Crippen LogP contribution in [0.2, 0.25) is 0 Å². The molecule has 0 aromatic carbocycles. The fourth-order valence-corrected chi connectivity index (χ4v) is 2.81. The summed E-state index contributed by atoms with van der Waals surface area (Å²) in [5.74, 6) is -0.397. The predicted molar refractivity (Wildman–Crippen MR) is 84.1 cm³/mol. The Hall–Kier alpha value is -2.16. The van der Waals surface area contributed by atoms with Crippen molar-refractivity contribution in [1.82, 2.24) is 14.9 Å². The van der Waals surface area contributed by atoms with Crippen LogP contribution in [0.15, 0.2) is 22.3 Å². The van der Waals surface area contributed by atoms with Crippen LogP contribution in [0.3, 0.4) is 0 Å². The molecule has 0 spiro atoms. The first kappa shape index (κ1) is 18.2. The van der Waals surface area contributed by atoms with Crippen molar-refractivity contribution in [1.29, 1.82) is 0 Å². The number of amides is 1. The molecule has 0 unspecified atom stereocenters. The average Bonchev–Trinajstić information content (AvgIpc) is 2.94. The highest BCUT2D eigenvalue weighted by Gasteiger charge is 2.32. The second-order valence-corrected chi connectivity index (χ2v) is 6.50. The van der Waals surface area contributed by atoms with Gasteiger partial charge in [0, 0.05) is 18.3 Å². The lowest BCUT2D eigenvalue weighted by molar-refractivity contribution is -0.141. The zero-order valence-electron chi connectivity index (χ0n) is 13.3. The van der Waals surface area contributed by atoms with Gasteiger partial charge in [-0.2, -0.15) is 13.2 Å². The van der Waals surface area contributed by atoms with Gasteiger partial charge in [0.05, 0.1) is 17.2 Å². The smallest absolute Gasteiger partial charge is 0.336 e. The molecule has 0 aliphatic heterocycles. The summed E-state index contributed by atoms with van der Waals surface area (Å²) in [6, 6.07) is 1.57. The van der Waals surface area contributed by atoms with Gasteiger partial charge in [-0.1, -0.05) is 13.8 Å². The molecule has 1 N–H and O–H groups in total. The van der Waals surface area contributed by atoms with Gasteiger partial charge in [-0.05, 0) is 12.1 Å². The van der Waals surface area contributed by atoms with Crippen LogP contribution in [0.25, 0.3) is 0 Å². The number of carbonyl (C=O) groups excluding carboxylic acids is 1. The van der Waals surface area contributed by atoms with E-state index in [0.717, 1.165) is 11.1 Å². The van der Waals surface area contributed by atoms with Crippen LogP contribution in [-0.4, -0.2) is 27.8 Å². The SMILES string of the molecule is CC(C)c1nc(CN(C)C(=O)c2ccc(C(F)(F)F)[nH]c2=O)cs1. The van der Waals surface area contributed by atoms with Crippen molar-refractivity contribution in [2.45, 2.75) is 32.5 Å². The fourth-order valence-electron chi connectivity index (χ4n) is 1.99. The number of aromatic amines is 1. The summed E-state index contributed by atoms with van der Waals surface area (Å²) in [6.07, 6.45) is -4.67. The zero-order valence-corrected chi connectivity index (χ0v) is 14.1. The third-order valence-electron chi connectivity index (χ3n) is 3.25. The van der Waals surface area contributed by atoms with Gasteiger partial charge >= 0.3 is 6.18 Å². The summed E-state index contributed by atoms with van der Waals surface area (Å²) in [6.45, 7) is 4.17. The number of halogens is 3. The van der Waals surface area contributed by atoms with Gasteiger partial charge in [0.25, 0.3) is 11.5 Å². The molecule has 0 bridgehead atoms. The molecule has 0 aliphatic rings. The number of nitrogens with one attached hydrogen (secondary N) is 1. The van der Waals surface area contributed by atoms with Crippen molar-refractivity contribution < 1.29 is 18.0 Å². The second kappa shape index (κ2) is 6.76. The number of rotatable bonds is 4. The van der Waals surface area contributed by atoms with E-state index in [-0.39, 0.29) is 18.0 Å². The third kappa shape index (κ3) is 4.02. The van der Waals surface area contributed by atoms with E-state index in [1.54, 1.807) is 4.98 Å². The molecule has 2 heterocycles. The lowest BCUT2D eigenvalue weighted by Crippen LogP contribution is -2.32. The first-order valence-corrected chi connectivity index (χ1v) is 7.98. The Morgan fingerprint density at radius 1 is 1.38 bits per heavy atom. The van der Waals surface area contributed by atoms with Crippen molar-refractivity contribution in [2.24, 2.45) is 0 Å². The summed E-state index contributed by atoms with van der Waals surface area (Å²) in [5.41, 5.74) is -1.93. The molecule has 0 radical (unpaired) electrons. The monoisotopic (exact) mass is 359 g/mol. The van der Waals surface area contributed by atoms with Crippen molar-refractivity contribution in [2.75, 3.05) is 7.05 Å². The highest BCUT2D eigenvalue weighted by atomic mass is 32.1. The summed E-state index contributed by atoms with van der Waals surface area (Å²) in [7, 11) is 1.47. The quantitative estimate of drug-likeness (QED) is 0.911. The molecule has 2 aromatic rings. The van der Waals surface area contributed by atoms with Crippen molar-refractivity contribution >= 4 is 17.2 Å². The number of nitrogens with zero attached hydrogens (tertiary/aromatic N) is 2. The molecule has 0 aliphatic carbocycles. The maximum Gasteiger partial charge on any atom is 0.431 e. The number of aromatic nitrogens is 2. The van der Waals surface area contributed by atoms with Crippen LogP contribution in [0, 0.1) is 0 Å². The molecular formula is C15H16F3N3O2S. The molecule has 2 aromatic heterocycles. The number of pyridine rings is 1. The minimum Gasteiger partial charge on any atom is -0.336 e. The van der Waals surface area contributed by atoms with Gasteiger partial charge in [-0.3, -0.25) is 9.59 Å². The van der Waals surface area contributed by atoms with Crippen molar-refractivity contribution in [3.05, 3.63) is 49.8 Å². The Labute approximate surface area is 140 Å². The van der Waals surface area contributed by atoms with E-state index >= 15 is 0 Å². The summed E-state index contributed by atoms with van der Waals surface area (Å²) < 4.78 is 37.6. The van der Waals surface area contributed by atoms with Crippen LogP contribution in [0.5, 0.6) is 0 Å². The molecule has 0 saturated carbocycles. The largest absolute Gasteiger partial charge is 0.431 e. The summed E-state index contributed by atoms with van der Waals surface area (Å²) in [5, 5.41) is 2.74. The molecule has 0 saturated heterocycles. The van der Waals surface area contributed by atoms with Crippen LogP contribution in [0.4, 0.5) is 13.2 Å². The first-order chi connectivity index (χ1) is 11.1. The Bertz CT molecular complexity index is 796. The highest BCUT2D eigenvalue weighted by molar-refractivity contribution is 7.09. The van der Waals surface area contributed by atoms with Gasteiger partial charge in [0.1, 0.15) is 11.3 Å². The molecular weight excluding hydrogens is 343 g/mol. The number of thiazole rings is 1. The number of alkyl halides is 3. The Balaban J connectivity index is 2.17. The molecule has 5 nitrogen and oxygen atoms in total. The maximum atomic E-state index is 12.5. The lowest BCUT2D eigenvalue weighted by atomic mass is 10.2. The molecule has 130 valence electrons. The first-order valence-electron chi connectivity index (χ1n) is 7.10. The molecule has 0 fully saturated rings. The van der Waals surface area contributed by atoms with Gasteiger partial charge in [0.15, 0.2) is 0 Å². The van der Waals surface area contributed by atoms with Gasteiger partial charge in [0.2, 0.25) is 0 Å². The van der Waals surface area contributed by atoms with Gasteiger partial charge in [-0.15, -0.1) is 11.3 Å². The summed E-state index contributed by atoms with van der Waals surface area (Å²) in [4.78, 5) is 31.4. The predicted octanol–water partition coefficient (Wildman–Crippen LogP) is 3.25. The second-order valence-electron chi connectivity index (χ2n) is 5.61. The lowest BCUT2D eigenvalue weighted by Gasteiger charge is -2.16. The van der Waals surface area contributed by atoms with Crippen LogP contribution >= 0.6 is 11.3 Å². The fraction of sp³-hybridized carbons (Fsp3) is 0.400. The van der Waals surface area contributed by atoms with Crippen LogP contribution < -0.4 is 5.56 Å². The Morgan fingerprint density at radius 2 is 2.04 bits per heavy atom. The minimum atomic E-state index is -4.67. The molecule has 9 heteroatoms. The van der Waals surface area contributed by atoms with Gasteiger partial charge in [-0.25, -0.2) is 4.98 Å². The normalized spacial score (nSPS) is 11.8. The minimum absolute atomic E-state index is 0.169. The highest BCUT2D eigenvalue weighted by Crippen LogP contribution is 2.26.